The molecule has 0 bridgehead atoms. The number of para-hydroxylation sites is 1. The van der Waals surface area contributed by atoms with Gasteiger partial charge in [0.25, 0.3) is 5.91 Å². The molecule has 1 saturated carbocycles. The third kappa shape index (κ3) is 4.43. The van der Waals surface area contributed by atoms with E-state index in [1.807, 2.05) is 37.3 Å². The number of pyridine rings is 1. The standard InChI is InChI=1S/C19H25N3O.2ClH/c1-12(2)19(3,11-20)22-18(23)15-10-17(13-8-9-13)21-16-7-5-4-6-14(15)16;;/h4-7,10,12-13H,8-9,11,20H2,1-3H3,(H,22,23);2*1H. The Morgan fingerprint density at radius 2 is 1.96 bits per heavy atom. The predicted octanol–water partition coefficient (Wildman–Crippen LogP) is 4.06. The molecule has 3 N–H and O–H groups in total. The number of hydrogen-bond donors (Lipinski definition) is 2. The average Bonchev–Trinajstić information content (AvgIpc) is 3.38. The molecule has 1 amide bonds. The van der Waals surface area contributed by atoms with Crippen molar-refractivity contribution in [2.45, 2.75) is 45.1 Å². The average molecular weight is 384 g/mol. The monoisotopic (exact) mass is 383 g/mol. The van der Waals surface area contributed by atoms with Gasteiger partial charge >= 0.3 is 0 Å². The van der Waals surface area contributed by atoms with Crippen LogP contribution >= 0.6 is 24.8 Å². The van der Waals surface area contributed by atoms with Crippen LogP contribution in [0.1, 0.15) is 55.6 Å². The minimum atomic E-state index is -0.415. The molecule has 1 heterocycles. The van der Waals surface area contributed by atoms with Gasteiger partial charge in [0.2, 0.25) is 0 Å². The van der Waals surface area contributed by atoms with Crippen LogP contribution in [-0.2, 0) is 0 Å². The highest BCUT2D eigenvalue weighted by atomic mass is 35.5. The van der Waals surface area contributed by atoms with Gasteiger partial charge < -0.3 is 11.1 Å². The number of carbonyl (C=O) groups excluding carboxylic acids is 1. The smallest absolute Gasteiger partial charge is 0.252 e. The highest BCUT2D eigenvalue weighted by Crippen LogP contribution is 2.40. The van der Waals surface area contributed by atoms with Crippen LogP contribution in [0, 0.1) is 5.92 Å². The van der Waals surface area contributed by atoms with E-state index in [1.165, 1.54) is 12.8 Å². The van der Waals surface area contributed by atoms with Crippen molar-refractivity contribution in [3.63, 3.8) is 0 Å². The van der Waals surface area contributed by atoms with Crippen LogP contribution in [0.15, 0.2) is 30.3 Å². The second-order valence-corrected chi connectivity index (χ2v) is 7.12. The zero-order valence-electron chi connectivity index (χ0n) is 14.9. The molecular formula is C19H27Cl2N3O. The Hall–Kier alpha value is -1.36. The molecule has 138 valence electrons. The largest absolute Gasteiger partial charge is 0.345 e. The Morgan fingerprint density at radius 1 is 1.32 bits per heavy atom. The van der Waals surface area contributed by atoms with E-state index in [0.717, 1.165) is 16.6 Å². The SMILES string of the molecule is CC(C)C(C)(CN)NC(=O)c1cc(C2CC2)nc2ccccc12.Cl.Cl. The molecule has 1 atom stereocenters. The van der Waals surface area contributed by atoms with E-state index in [4.69, 9.17) is 10.7 Å². The predicted molar refractivity (Wildman–Crippen MR) is 108 cm³/mol. The second kappa shape index (κ2) is 8.35. The number of nitrogens with two attached hydrogens (primary N) is 1. The number of rotatable bonds is 5. The third-order valence-electron chi connectivity index (χ3n) is 5.07. The molecule has 1 fully saturated rings. The zero-order valence-corrected chi connectivity index (χ0v) is 16.5. The first-order chi connectivity index (χ1) is 10.9. The topological polar surface area (TPSA) is 68.0 Å². The van der Waals surface area contributed by atoms with Crippen LogP contribution in [0.2, 0.25) is 0 Å². The molecule has 0 saturated heterocycles. The molecule has 3 rings (SSSR count). The van der Waals surface area contributed by atoms with Crippen molar-refractivity contribution in [3.8, 4) is 0 Å². The van der Waals surface area contributed by atoms with Gasteiger partial charge in [-0.05, 0) is 37.8 Å². The van der Waals surface area contributed by atoms with Gasteiger partial charge in [0.1, 0.15) is 0 Å². The lowest BCUT2D eigenvalue weighted by Crippen LogP contribution is -2.55. The molecule has 1 aromatic heterocycles. The van der Waals surface area contributed by atoms with Crippen LogP contribution in [0.5, 0.6) is 0 Å². The summed E-state index contributed by atoms with van der Waals surface area (Å²) >= 11 is 0. The van der Waals surface area contributed by atoms with Gasteiger partial charge in [-0.1, -0.05) is 32.0 Å². The number of aromatic nitrogens is 1. The van der Waals surface area contributed by atoms with E-state index in [1.54, 1.807) is 0 Å². The quantitative estimate of drug-likeness (QED) is 0.817. The van der Waals surface area contributed by atoms with Crippen molar-refractivity contribution in [2.75, 3.05) is 6.54 Å². The minimum Gasteiger partial charge on any atom is -0.345 e. The number of fused-ring (bicyclic) bond motifs is 1. The summed E-state index contributed by atoms with van der Waals surface area (Å²) in [5.41, 5.74) is 8.12. The van der Waals surface area contributed by atoms with E-state index < -0.39 is 5.54 Å². The zero-order chi connectivity index (χ0) is 16.6. The summed E-state index contributed by atoms with van der Waals surface area (Å²) < 4.78 is 0. The van der Waals surface area contributed by atoms with Crippen LogP contribution in [-0.4, -0.2) is 23.0 Å². The van der Waals surface area contributed by atoms with Crippen molar-refractivity contribution < 1.29 is 4.79 Å². The molecular weight excluding hydrogens is 357 g/mol. The minimum absolute atomic E-state index is 0. The summed E-state index contributed by atoms with van der Waals surface area (Å²) in [6.45, 7) is 6.57. The lowest BCUT2D eigenvalue weighted by atomic mass is 9.88. The maximum Gasteiger partial charge on any atom is 0.252 e. The molecule has 1 unspecified atom stereocenters. The fourth-order valence-corrected chi connectivity index (χ4v) is 2.73. The van der Waals surface area contributed by atoms with Crippen molar-refractivity contribution in [2.24, 2.45) is 11.7 Å². The summed E-state index contributed by atoms with van der Waals surface area (Å²) in [5, 5.41) is 4.05. The molecule has 1 aliphatic rings. The first kappa shape index (κ1) is 21.7. The van der Waals surface area contributed by atoms with Gasteiger partial charge in [-0.3, -0.25) is 9.78 Å². The number of amides is 1. The third-order valence-corrected chi connectivity index (χ3v) is 5.07. The summed E-state index contributed by atoms with van der Waals surface area (Å²) in [7, 11) is 0. The Morgan fingerprint density at radius 3 is 2.52 bits per heavy atom. The number of benzene rings is 1. The Kier molecular flexibility index (Phi) is 7.24. The van der Waals surface area contributed by atoms with Gasteiger partial charge in [0.05, 0.1) is 16.6 Å². The van der Waals surface area contributed by atoms with Crippen molar-refractivity contribution >= 4 is 41.6 Å². The van der Waals surface area contributed by atoms with Crippen molar-refractivity contribution in [3.05, 3.63) is 41.6 Å². The van der Waals surface area contributed by atoms with Crippen molar-refractivity contribution in [1.82, 2.24) is 10.3 Å². The summed E-state index contributed by atoms with van der Waals surface area (Å²) in [4.78, 5) is 17.7. The number of halogens is 2. The second-order valence-electron chi connectivity index (χ2n) is 7.12. The highest BCUT2D eigenvalue weighted by molar-refractivity contribution is 6.06. The first-order valence-corrected chi connectivity index (χ1v) is 8.37. The van der Waals surface area contributed by atoms with E-state index in [-0.39, 0.29) is 36.6 Å². The molecule has 2 aromatic rings. The molecule has 1 aliphatic carbocycles. The molecule has 0 spiro atoms. The van der Waals surface area contributed by atoms with Crippen LogP contribution in [0.25, 0.3) is 10.9 Å². The van der Waals surface area contributed by atoms with E-state index in [9.17, 15) is 4.79 Å². The lowest BCUT2D eigenvalue weighted by Gasteiger charge is -2.33. The Labute approximate surface area is 161 Å². The molecule has 1 aromatic carbocycles. The summed E-state index contributed by atoms with van der Waals surface area (Å²) in [5.74, 6) is 0.705. The van der Waals surface area contributed by atoms with E-state index in [2.05, 4.69) is 19.2 Å². The maximum atomic E-state index is 12.9. The number of nitrogens with zero attached hydrogens (tertiary/aromatic N) is 1. The number of carbonyl (C=O) groups is 1. The number of nitrogens with one attached hydrogen (secondary N) is 1. The van der Waals surface area contributed by atoms with Gasteiger partial charge in [-0.25, -0.2) is 0 Å². The van der Waals surface area contributed by atoms with Gasteiger partial charge in [-0.2, -0.15) is 0 Å². The highest BCUT2D eigenvalue weighted by Gasteiger charge is 2.31. The molecule has 0 aliphatic heterocycles. The maximum absolute atomic E-state index is 12.9. The van der Waals surface area contributed by atoms with E-state index >= 15 is 0 Å². The van der Waals surface area contributed by atoms with Crippen molar-refractivity contribution in [1.29, 1.82) is 0 Å². The molecule has 25 heavy (non-hydrogen) atoms. The fraction of sp³-hybridized carbons (Fsp3) is 0.474. The Balaban J connectivity index is 0.00000156. The van der Waals surface area contributed by atoms with Crippen LogP contribution in [0.3, 0.4) is 0 Å². The fourth-order valence-electron chi connectivity index (χ4n) is 2.73. The summed E-state index contributed by atoms with van der Waals surface area (Å²) in [6.07, 6.45) is 2.33. The van der Waals surface area contributed by atoms with Gasteiger partial charge in [0.15, 0.2) is 0 Å². The molecule has 0 radical (unpaired) electrons. The molecule has 4 nitrogen and oxygen atoms in total. The van der Waals surface area contributed by atoms with Gasteiger partial charge in [0, 0.05) is 23.5 Å². The van der Waals surface area contributed by atoms with Crippen LogP contribution in [0.4, 0.5) is 0 Å². The van der Waals surface area contributed by atoms with E-state index in [0.29, 0.717) is 18.0 Å². The number of hydrogen-bond acceptors (Lipinski definition) is 3. The first-order valence-electron chi connectivity index (χ1n) is 8.37. The van der Waals surface area contributed by atoms with Gasteiger partial charge in [-0.15, -0.1) is 24.8 Å². The van der Waals surface area contributed by atoms with Crippen LogP contribution < -0.4 is 11.1 Å². The Bertz CT molecular complexity index is 747. The summed E-state index contributed by atoms with van der Waals surface area (Å²) in [6, 6.07) is 9.81. The normalized spacial score (nSPS) is 15.9. The lowest BCUT2D eigenvalue weighted by molar-refractivity contribution is 0.0885. The molecule has 6 heteroatoms.